The Bertz CT molecular complexity index is 1010. The topological polar surface area (TPSA) is 71.1 Å². The van der Waals surface area contributed by atoms with Crippen molar-refractivity contribution >= 4 is 34.8 Å². The van der Waals surface area contributed by atoms with Gasteiger partial charge in [-0.25, -0.2) is 13.8 Å². The highest BCUT2D eigenvalue weighted by Gasteiger charge is 2.13. The molecule has 5 nitrogen and oxygen atoms in total. The lowest BCUT2D eigenvalue weighted by Gasteiger charge is -2.08. The molecule has 0 aliphatic heterocycles. The van der Waals surface area contributed by atoms with Crippen LogP contribution in [0.3, 0.4) is 0 Å². The molecule has 136 valence electrons. The first-order valence-corrected chi connectivity index (χ1v) is 8.10. The van der Waals surface area contributed by atoms with Crippen LogP contribution < -0.4 is 10.6 Å². The maximum Gasteiger partial charge on any atom is 0.274 e. The third-order valence-electron chi connectivity index (χ3n) is 3.49. The third kappa shape index (κ3) is 4.65. The van der Waals surface area contributed by atoms with Gasteiger partial charge in [0.05, 0.1) is 5.02 Å². The largest absolute Gasteiger partial charge is 0.321 e. The highest BCUT2D eigenvalue weighted by atomic mass is 35.5. The smallest absolute Gasteiger partial charge is 0.274 e. The fourth-order valence-corrected chi connectivity index (χ4v) is 2.37. The van der Waals surface area contributed by atoms with Gasteiger partial charge in [-0.05, 0) is 54.6 Å². The number of nitrogens with zero attached hydrogens (tertiary/aromatic N) is 1. The van der Waals surface area contributed by atoms with Gasteiger partial charge < -0.3 is 10.6 Å². The zero-order valence-corrected chi connectivity index (χ0v) is 14.4. The summed E-state index contributed by atoms with van der Waals surface area (Å²) in [6.07, 6.45) is 0. The average molecular weight is 388 g/mol. The maximum absolute atomic E-state index is 13.2. The summed E-state index contributed by atoms with van der Waals surface area (Å²) >= 11 is 5.68. The van der Waals surface area contributed by atoms with Crippen molar-refractivity contribution in [2.24, 2.45) is 0 Å². The van der Waals surface area contributed by atoms with E-state index in [2.05, 4.69) is 15.6 Å². The van der Waals surface area contributed by atoms with Crippen LogP contribution in [0.5, 0.6) is 0 Å². The molecule has 1 heterocycles. The second-order valence-electron chi connectivity index (χ2n) is 5.45. The van der Waals surface area contributed by atoms with Gasteiger partial charge >= 0.3 is 0 Å². The highest BCUT2D eigenvalue weighted by Crippen LogP contribution is 2.20. The zero-order chi connectivity index (χ0) is 19.4. The second-order valence-corrected chi connectivity index (χ2v) is 5.86. The van der Waals surface area contributed by atoms with Gasteiger partial charge in [-0.1, -0.05) is 17.7 Å². The van der Waals surface area contributed by atoms with Gasteiger partial charge in [0.1, 0.15) is 23.0 Å². The van der Waals surface area contributed by atoms with Crippen LogP contribution in [0.2, 0.25) is 5.02 Å². The van der Waals surface area contributed by atoms with Crippen LogP contribution in [0.15, 0.2) is 60.7 Å². The number of aromatic nitrogens is 1. The van der Waals surface area contributed by atoms with Crippen molar-refractivity contribution in [1.82, 2.24) is 4.98 Å². The standard InChI is InChI=1S/C19H12ClF2N3O2/c20-14-10-13(8-9-15(14)22)24-19(27)17-3-1-2-16(25-17)18(26)23-12-6-4-11(21)5-7-12/h1-10H,(H,23,26)(H,24,27). The number of halogens is 3. The van der Waals surface area contributed by atoms with Crippen molar-refractivity contribution in [3.8, 4) is 0 Å². The summed E-state index contributed by atoms with van der Waals surface area (Å²) < 4.78 is 26.1. The van der Waals surface area contributed by atoms with Crippen LogP contribution in [0.4, 0.5) is 20.2 Å². The predicted molar refractivity (Wildman–Crippen MR) is 98.0 cm³/mol. The average Bonchev–Trinajstić information content (AvgIpc) is 2.66. The normalized spacial score (nSPS) is 10.3. The van der Waals surface area contributed by atoms with Crippen molar-refractivity contribution in [3.05, 3.63) is 88.7 Å². The van der Waals surface area contributed by atoms with E-state index in [-0.39, 0.29) is 22.1 Å². The van der Waals surface area contributed by atoms with E-state index in [0.29, 0.717) is 5.69 Å². The summed E-state index contributed by atoms with van der Waals surface area (Å²) in [5, 5.41) is 4.95. The number of hydrogen-bond acceptors (Lipinski definition) is 3. The third-order valence-corrected chi connectivity index (χ3v) is 3.78. The van der Waals surface area contributed by atoms with Gasteiger partial charge in [-0.3, -0.25) is 9.59 Å². The first-order chi connectivity index (χ1) is 12.9. The van der Waals surface area contributed by atoms with E-state index in [1.54, 1.807) is 0 Å². The lowest BCUT2D eigenvalue weighted by Crippen LogP contribution is -2.18. The minimum absolute atomic E-state index is 0.00381. The van der Waals surface area contributed by atoms with E-state index in [9.17, 15) is 18.4 Å². The van der Waals surface area contributed by atoms with E-state index < -0.39 is 23.4 Å². The predicted octanol–water partition coefficient (Wildman–Crippen LogP) is 4.52. The number of hydrogen-bond donors (Lipinski definition) is 2. The number of carbonyl (C=O) groups excluding carboxylic acids is 2. The Morgan fingerprint density at radius 2 is 1.37 bits per heavy atom. The Morgan fingerprint density at radius 3 is 1.96 bits per heavy atom. The lowest BCUT2D eigenvalue weighted by molar-refractivity contribution is 0.101. The molecule has 0 unspecified atom stereocenters. The van der Waals surface area contributed by atoms with Crippen molar-refractivity contribution in [2.75, 3.05) is 10.6 Å². The fraction of sp³-hybridized carbons (Fsp3) is 0. The zero-order valence-electron chi connectivity index (χ0n) is 13.7. The van der Waals surface area contributed by atoms with Gasteiger partial charge in [0, 0.05) is 11.4 Å². The molecule has 2 N–H and O–H groups in total. The summed E-state index contributed by atoms with van der Waals surface area (Å²) in [5.74, 6) is -2.17. The molecule has 0 saturated heterocycles. The molecule has 0 aliphatic carbocycles. The molecule has 0 radical (unpaired) electrons. The number of pyridine rings is 1. The minimum atomic E-state index is -0.604. The lowest BCUT2D eigenvalue weighted by atomic mass is 10.2. The molecular formula is C19H12ClF2N3O2. The summed E-state index contributed by atoms with van der Waals surface area (Å²) in [6.45, 7) is 0. The van der Waals surface area contributed by atoms with E-state index in [4.69, 9.17) is 11.6 Å². The molecule has 0 bridgehead atoms. The SMILES string of the molecule is O=C(Nc1ccc(F)cc1)c1cccc(C(=O)Nc2ccc(F)c(Cl)c2)n1. The van der Waals surface area contributed by atoms with Crippen molar-refractivity contribution in [3.63, 3.8) is 0 Å². The molecule has 2 amide bonds. The van der Waals surface area contributed by atoms with Crippen molar-refractivity contribution in [2.45, 2.75) is 0 Å². The van der Waals surface area contributed by atoms with Crippen LogP contribution in [0.1, 0.15) is 21.0 Å². The Labute approximate surface area is 158 Å². The van der Waals surface area contributed by atoms with Crippen LogP contribution in [0.25, 0.3) is 0 Å². The molecule has 0 atom stereocenters. The molecule has 0 saturated carbocycles. The molecule has 3 rings (SSSR count). The van der Waals surface area contributed by atoms with Gasteiger partial charge in [0.2, 0.25) is 0 Å². The Kier molecular flexibility index (Phi) is 5.42. The number of nitrogens with one attached hydrogen (secondary N) is 2. The van der Waals surface area contributed by atoms with E-state index in [1.807, 2.05) is 0 Å². The Balaban J connectivity index is 1.73. The Morgan fingerprint density at radius 1 is 0.815 bits per heavy atom. The highest BCUT2D eigenvalue weighted by molar-refractivity contribution is 6.31. The number of anilines is 2. The van der Waals surface area contributed by atoms with E-state index in [0.717, 1.165) is 6.07 Å². The minimum Gasteiger partial charge on any atom is -0.321 e. The number of amides is 2. The molecule has 0 aliphatic rings. The molecule has 2 aromatic carbocycles. The van der Waals surface area contributed by atoms with Crippen LogP contribution >= 0.6 is 11.6 Å². The summed E-state index contributed by atoms with van der Waals surface area (Å²) in [5.41, 5.74) is 0.666. The Hall–Kier alpha value is -3.32. The molecule has 3 aromatic rings. The summed E-state index contributed by atoms with van der Waals surface area (Å²) in [7, 11) is 0. The number of benzene rings is 2. The van der Waals surface area contributed by atoms with Crippen molar-refractivity contribution < 1.29 is 18.4 Å². The maximum atomic E-state index is 13.2. The van der Waals surface area contributed by atoms with Crippen molar-refractivity contribution in [1.29, 1.82) is 0 Å². The quantitative estimate of drug-likeness (QED) is 0.691. The fourth-order valence-electron chi connectivity index (χ4n) is 2.18. The monoisotopic (exact) mass is 387 g/mol. The van der Waals surface area contributed by atoms with Gasteiger partial charge in [-0.2, -0.15) is 0 Å². The van der Waals surface area contributed by atoms with Gasteiger partial charge in [0.15, 0.2) is 0 Å². The summed E-state index contributed by atoms with van der Waals surface area (Å²) in [6, 6.07) is 13.3. The summed E-state index contributed by atoms with van der Waals surface area (Å²) in [4.78, 5) is 28.6. The molecule has 27 heavy (non-hydrogen) atoms. The van der Waals surface area contributed by atoms with Crippen LogP contribution in [0, 0.1) is 11.6 Å². The second kappa shape index (κ2) is 7.92. The van der Waals surface area contributed by atoms with Crippen LogP contribution in [-0.2, 0) is 0 Å². The molecule has 1 aromatic heterocycles. The van der Waals surface area contributed by atoms with E-state index in [1.165, 1.54) is 54.6 Å². The van der Waals surface area contributed by atoms with Gasteiger partial charge in [-0.15, -0.1) is 0 Å². The first-order valence-electron chi connectivity index (χ1n) is 7.73. The molecular weight excluding hydrogens is 376 g/mol. The number of rotatable bonds is 4. The molecule has 8 heteroatoms. The first kappa shape index (κ1) is 18.5. The van der Waals surface area contributed by atoms with Gasteiger partial charge in [0.25, 0.3) is 11.8 Å². The number of carbonyl (C=O) groups is 2. The molecule has 0 fully saturated rings. The van der Waals surface area contributed by atoms with E-state index >= 15 is 0 Å². The molecule has 0 spiro atoms. The van der Waals surface area contributed by atoms with Crippen LogP contribution in [-0.4, -0.2) is 16.8 Å².